The quantitative estimate of drug-likeness (QED) is 0.527. The molecule has 0 bridgehead atoms. The molecule has 4 aromatic rings. The van der Waals surface area contributed by atoms with Crippen LogP contribution in [-0.4, -0.2) is 32.7 Å². The molecule has 0 aliphatic heterocycles. The number of para-hydroxylation sites is 1. The predicted octanol–water partition coefficient (Wildman–Crippen LogP) is 4.08. The molecule has 0 saturated heterocycles. The molecule has 0 spiro atoms. The number of ether oxygens (including phenoxy) is 1. The Morgan fingerprint density at radius 3 is 2.79 bits per heavy atom. The van der Waals surface area contributed by atoms with Crippen LogP contribution in [0.2, 0.25) is 0 Å². The normalized spacial score (nSPS) is 16.4. The summed E-state index contributed by atoms with van der Waals surface area (Å²) >= 11 is 1.69. The van der Waals surface area contributed by atoms with Gasteiger partial charge in [0.1, 0.15) is 5.75 Å². The molecule has 1 aliphatic rings. The number of thiophene rings is 1. The molecule has 0 fully saturated rings. The first-order chi connectivity index (χ1) is 13.7. The molecule has 5 rings (SSSR count). The third-order valence-electron chi connectivity index (χ3n) is 5.27. The maximum Gasteiger partial charge on any atom is 0.185 e. The van der Waals surface area contributed by atoms with Crippen LogP contribution in [0, 0.1) is 6.92 Å². The molecule has 1 aliphatic carbocycles. The molecule has 3 aromatic heterocycles. The van der Waals surface area contributed by atoms with E-state index in [9.17, 15) is 4.79 Å². The van der Waals surface area contributed by atoms with Crippen LogP contribution in [0.4, 0.5) is 0 Å². The van der Waals surface area contributed by atoms with E-state index in [1.54, 1.807) is 23.0 Å². The molecule has 28 heavy (non-hydrogen) atoms. The Labute approximate surface area is 165 Å². The van der Waals surface area contributed by atoms with Crippen molar-refractivity contribution in [1.82, 2.24) is 19.8 Å². The summed E-state index contributed by atoms with van der Waals surface area (Å²) in [4.78, 5) is 14.0. The van der Waals surface area contributed by atoms with Crippen LogP contribution in [0.3, 0.4) is 0 Å². The van der Waals surface area contributed by atoms with Crippen molar-refractivity contribution in [2.24, 2.45) is 0 Å². The number of fused-ring (bicyclic) bond motifs is 3. The molecular weight excluding hydrogens is 372 g/mol. The lowest BCUT2D eigenvalue weighted by molar-refractivity contribution is 0.0956. The minimum atomic E-state index is 0.0287. The molecule has 0 N–H and O–H groups in total. The van der Waals surface area contributed by atoms with E-state index in [1.165, 1.54) is 4.88 Å². The summed E-state index contributed by atoms with van der Waals surface area (Å²) in [5, 5.41) is 15.5. The molecule has 7 heteroatoms. The van der Waals surface area contributed by atoms with Gasteiger partial charge in [-0.1, -0.05) is 24.3 Å². The van der Waals surface area contributed by atoms with Crippen molar-refractivity contribution in [2.75, 3.05) is 7.11 Å². The molecule has 1 aromatic carbocycles. The number of ketones is 1. The van der Waals surface area contributed by atoms with Crippen LogP contribution in [0.1, 0.15) is 39.1 Å². The number of hydrogen-bond acceptors (Lipinski definition) is 6. The third kappa shape index (κ3) is 2.54. The van der Waals surface area contributed by atoms with Gasteiger partial charge in [-0.25, -0.2) is 4.52 Å². The largest absolute Gasteiger partial charge is 0.496 e. The van der Waals surface area contributed by atoms with Crippen molar-refractivity contribution < 1.29 is 9.53 Å². The Morgan fingerprint density at radius 2 is 2.00 bits per heavy atom. The monoisotopic (exact) mass is 390 g/mol. The van der Waals surface area contributed by atoms with E-state index < -0.39 is 0 Å². The van der Waals surface area contributed by atoms with Gasteiger partial charge in [0, 0.05) is 29.2 Å². The van der Waals surface area contributed by atoms with Crippen LogP contribution < -0.4 is 4.74 Å². The van der Waals surface area contributed by atoms with Gasteiger partial charge in [0.25, 0.3) is 0 Å². The molecule has 3 heterocycles. The maximum atomic E-state index is 12.7. The number of aromatic nitrogens is 4. The summed E-state index contributed by atoms with van der Waals surface area (Å²) < 4.78 is 7.33. The number of hydrogen-bond donors (Lipinski definition) is 0. The van der Waals surface area contributed by atoms with Crippen molar-refractivity contribution in [3.63, 3.8) is 0 Å². The smallest absolute Gasteiger partial charge is 0.185 e. The summed E-state index contributed by atoms with van der Waals surface area (Å²) in [6.45, 7) is 1.95. The van der Waals surface area contributed by atoms with Crippen molar-refractivity contribution in [2.45, 2.75) is 25.7 Å². The second kappa shape index (κ2) is 6.53. The van der Waals surface area contributed by atoms with Gasteiger partial charge in [0.05, 0.1) is 24.1 Å². The molecular formula is C21H18N4O2S. The van der Waals surface area contributed by atoms with E-state index in [-0.39, 0.29) is 11.7 Å². The lowest BCUT2D eigenvalue weighted by Crippen LogP contribution is -2.23. The summed E-state index contributed by atoms with van der Waals surface area (Å²) in [6.07, 6.45) is 1.19. The lowest BCUT2D eigenvalue weighted by Gasteiger charge is -2.21. The number of aryl methyl sites for hydroxylation is 1. The zero-order valence-corrected chi connectivity index (χ0v) is 16.4. The average molecular weight is 390 g/mol. The summed E-state index contributed by atoms with van der Waals surface area (Å²) in [7, 11) is 1.65. The number of benzene rings is 1. The second-order valence-electron chi connectivity index (χ2n) is 6.94. The molecule has 0 radical (unpaired) electrons. The van der Waals surface area contributed by atoms with Gasteiger partial charge in [-0.05, 0) is 24.4 Å². The minimum Gasteiger partial charge on any atom is -0.496 e. The zero-order chi connectivity index (χ0) is 19.3. The standard InChI is InChI=1S/C21H18N4O2S/c1-12-19(14-6-3-4-7-17(14)27-2)21-23-22-20-15(25(21)24-12)10-13(11-16(20)26)18-8-5-9-28-18/h3-9,13H,10-11H2,1-2H3/t13-/m0/s1. The van der Waals surface area contributed by atoms with E-state index in [0.717, 1.165) is 34.7 Å². The second-order valence-corrected chi connectivity index (χ2v) is 7.91. The molecule has 0 saturated carbocycles. The first-order valence-electron chi connectivity index (χ1n) is 9.12. The summed E-state index contributed by atoms with van der Waals surface area (Å²) in [5.41, 5.74) is 4.57. The Hall–Kier alpha value is -3.06. The highest BCUT2D eigenvalue weighted by molar-refractivity contribution is 7.10. The highest BCUT2D eigenvalue weighted by atomic mass is 32.1. The van der Waals surface area contributed by atoms with E-state index >= 15 is 0 Å². The predicted molar refractivity (Wildman–Crippen MR) is 107 cm³/mol. The Kier molecular flexibility index (Phi) is 3.98. The van der Waals surface area contributed by atoms with Crippen molar-refractivity contribution in [1.29, 1.82) is 0 Å². The van der Waals surface area contributed by atoms with Gasteiger partial charge in [-0.3, -0.25) is 4.79 Å². The fourth-order valence-electron chi connectivity index (χ4n) is 3.97. The Bertz CT molecular complexity index is 1200. The van der Waals surface area contributed by atoms with Crippen LogP contribution in [0.25, 0.3) is 16.8 Å². The number of carbonyl (C=O) groups is 1. The fourth-order valence-corrected chi connectivity index (χ4v) is 4.80. The van der Waals surface area contributed by atoms with Crippen LogP contribution in [0.15, 0.2) is 41.8 Å². The third-order valence-corrected chi connectivity index (χ3v) is 6.30. The van der Waals surface area contributed by atoms with Crippen molar-refractivity contribution in [3.05, 3.63) is 63.7 Å². The molecule has 140 valence electrons. The van der Waals surface area contributed by atoms with Crippen molar-refractivity contribution in [3.8, 4) is 16.9 Å². The Morgan fingerprint density at radius 1 is 1.14 bits per heavy atom. The summed E-state index contributed by atoms with van der Waals surface area (Å²) in [6, 6.07) is 11.9. The zero-order valence-electron chi connectivity index (χ0n) is 15.5. The minimum absolute atomic E-state index is 0.0287. The van der Waals surface area contributed by atoms with Gasteiger partial charge in [-0.15, -0.1) is 21.5 Å². The Balaban J connectivity index is 1.71. The van der Waals surface area contributed by atoms with E-state index in [0.29, 0.717) is 17.8 Å². The topological polar surface area (TPSA) is 69.4 Å². The molecule has 6 nitrogen and oxygen atoms in total. The van der Waals surface area contributed by atoms with Crippen LogP contribution >= 0.6 is 11.3 Å². The highest BCUT2D eigenvalue weighted by Gasteiger charge is 2.32. The molecule has 0 unspecified atom stereocenters. The van der Waals surface area contributed by atoms with Gasteiger partial charge in [0.2, 0.25) is 0 Å². The SMILES string of the molecule is COc1ccccc1-c1c(C)nn2c3c(nnc12)C(=O)C[C@@H](c1cccs1)C3. The van der Waals surface area contributed by atoms with E-state index in [2.05, 4.69) is 16.3 Å². The van der Waals surface area contributed by atoms with Crippen LogP contribution in [0.5, 0.6) is 5.75 Å². The fraction of sp³-hybridized carbons (Fsp3) is 0.238. The molecule has 1 atom stereocenters. The van der Waals surface area contributed by atoms with Crippen molar-refractivity contribution >= 4 is 22.8 Å². The number of rotatable bonds is 3. The number of Topliss-reactive ketones (excluding diaryl/α,β-unsaturated/α-hetero) is 1. The molecule has 0 amide bonds. The maximum absolute atomic E-state index is 12.7. The highest BCUT2D eigenvalue weighted by Crippen LogP contribution is 2.37. The van der Waals surface area contributed by atoms with Gasteiger partial charge in [0.15, 0.2) is 17.1 Å². The average Bonchev–Trinajstić information content (AvgIpc) is 3.35. The number of nitrogens with zero attached hydrogens (tertiary/aromatic N) is 4. The number of carbonyl (C=O) groups excluding carboxylic acids is 1. The number of methoxy groups -OCH3 is 1. The van der Waals surface area contributed by atoms with Gasteiger partial charge >= 0.3 is 0 Å². The summed E-state index contributed by atoms with van der Waals surface area (Å²) in [5.74, 6) is 0.945. The first kappa shape index (κ1) is 17.1. The first-order valence-corrected chi connectivity index (χ1v) is 10.00. The van der Waals surface area contributed by atoms with E-state index in [4.69, 9.17) is 9.84 Å². The van der Waals surface area contributed by atoms with Crippen LogP contribution in [-0.2, 0) is 6.42 Å². The van der Waals surface area contributed by atoms with Gasteiger partial charge in [-0.2, -0.15) is 5.10 Å². The lowest BCUT2D eigenvalue weighted by atomic mass is 9.87. The van der Waals surface area contributed by atoms with E-state index in [1.807, 2.05) is 42.6 Å². The van der Waals surface area contributed by atoms with Gasteiger partial charge < -0.3 is 4.74 Å².